The minimum atomic E-state index is -4.73. The number of nitrogens with zero attached hydrogens (tertiary/aromatic N) is 6. The van der Waals surface area contributed by atoms with Gasteiger partial charge in [0.1, 0.15) is 30.1 Å². The highest BCUT2D eigenvalue weighted by atomic mass is 31.2. The standard InChI is InChI=1S/C28H24N7O6P/c29-27-26-18(14-35(28(26)33-16-32-27)25-13-23(36)24(41-25)15-40-42(37,38)39)8-7-17-11-21(19-5-1-3-9-30-19)34-22(12-17)20-6-2-4-10-31-20/h1-6,9-12,14,16,23-25,36H,13,15H2,(H2,29,32,33)(H2,37,38,39)/t23-,24+,25+/m0/s1. The zero-order valence-electron chi connectivity index (χ0n) is 21.8. The first-order valence-corrected chi connectivity index (χ1v) is 14.3. The summed E-state index contributed by atoms with van der Waals surface area (Å²) < 4.78 is 23.2. The van der Waals surface area contributed by atoms with Gasteiger partial charge in [-0.15, -0.1) is 0 Å². The molecule has 212 valence electrons. The van der Waals surface area contributed by atoms with E-state index in [4.69, 9.17) is 25.2 Å². The number of anilines is 1. The molecule has 5 aromatic heterocycles. The highest BCUT2D eigenvalue weighted by molar-refractivity contribution is 7.46. The average molecular weight is 586 g/mol. The van der Waals surface area contributed by atoms with E-state index < -0.39 is 32.9 Å². The summed E-state index contributed by atoms with van der Waals surface area (Å²) in [6.45, 7) is -0.482. The Morgan fingerprint density at radius 3 is 2.31 bits per heavy atom. The fraction of sp³-hybridized carbons (Fsp3) is 0.179. The molecule has 6 rings (SSSR count). The molecule has 1 aliphatic rings. The molecule has 6 heterocycles. The maximum Gasteiger partial charge on any atom is 0.469 e. The smallest absolute Gasteiger partial charge is 0.390 e. The summed E-state index contributed by atoms with van der Waals surface area (Å²) in [6.07, 6.45) is 3.82. The summed E-state index contributed by atoms with van der Waals surface area (Å²) in [7, 11) is -4.73. The number of ether oxygens (including phenoxy) is 1. The van der Waals surface area contributed by atoms with Crippen molar-refractivity contribution in [3.8, 4) is 34.6 Å². The van der Waals surface area contributed by atoms with Crippen molar-refractivity contribution in [1.29, 1.82) is 0 Å². The lowest BCUT2D eigenvalue weighted by atomic mass is 10.1. The molecule has 5 aromatic rings. The number of nitrogen functional groups attached to an aromatic ring is 1. The lowest BCUT2D eigenvalue weighted by Crippen LogP contribution is -2.25. The van der Waals surface area contributed by atoms with Crippen molar-refractivity contribution < 1.29 is 28.7 Å². The van der Waals surface area contributed by atoms with E-state index in [2.05, 4.69) is 36.3 Å². The fourth-order valence-electron chi connectivity index (χ4n) is 4.66. The lowest BCUT2D eigenvalue weighted by Gasteiger charge is -2.16. The Kier molecular flexibility index (Phi) is 7.49. The van der Waals surface area contributed by atoms with Gasteiger partial charge >= 0.3 is 7.82 Å². The van der Waals surface area contributed by atoms with Crippen LogP contribution in [-0.4, -0.2) is 63.2 Å². The van der Waals surface area contributed by atoms with Crippen LogP contribution < -0.4 is 5.73 Å². The van der Waals surface area contributed by atoms with Crippen molar-refractivity contribution in [3.63, 3.8) is 0 Å². The fourth-order valence-corrected chi connectivity index (χ4v) is 5.00. The topological polar surface area (TPSA) is 192 Å². The van der Waals surface area contributed by atoms with E-state index in [1.165, 1.54) is 6.33 Å². The molecule has 5 N–H and O–H groups in total. The number of hydrogen-bond donors (Lipinski definition) is 4. The summed E-state index contributed by atoms with van der Waals surface area (Å²) >= 11 is 0. The molecule has 1 aliphatic heterocycles. The maximum absolute atomic E-state index is 11.1. The predicted molar refractivity (Wildman–Crippen MR) is 151 cm³/mol. The molecule has 0 unspecified atom stereocenters. The van der Waals surface area contributed by atoms with Gasteiger partial charge in [-0.3, -0.25) is 14.5 Å². The van der Waals surface area contributed by atoms with E-state index in [-0.39, 0.29) is 12.2 Å². The number of pyridine rings is 3. The SMILES string of the molecule is Nc1ncnc2c1c(C#Cc1cc(-c3ccccn3)nc(-c3ccccn3)c1)cn2[C@H]1C[C@H](O)[C@@H](COP(=O)(O)O)O1. The van der Waals surface area contributed by atoms with Crippen LogP contribution in [-0.2, 0) is 13.8 Å². The number of aliphatic hydroxyl groups excluding tert-OH is 1. The van der Waals surface area contributed by atoms with Crippen LogP contribution in [0.1, 0.15) is 23.8 Å². The average Bonchev–Trinajstić information content (AvgIpc) is 3.56. The van der Waals surface area contributed by atoms with Crippen LogP contribution in [0.25, 0.3) is 33.8 Å². The molecule has 3 atom stereocenters. The molecule has 1 fully saturated rings. The second-order valence-electron chi connectivity index (χ2n) is 9.43. The quantitative estimate of drug-likeness (QED) is 0.169. The Labute approximate surface area is 239 Å². The summed E-state index contributed by atoms with van der Waals surface area (Å²) in [5, 5.41) is 11.0. The third kappa shape index (κ3) is 5.90. The summed E-state index contributed by atoms with van der Waals surface area (Å²) in [6, 6.07) is 14.8. The van der Waals surface area contributed by atoms with Gasteiger partial charge in [0, 0.05) is 30.6 Å². The van der Waals surface area contributed by atoms with Crippen LogP contribution in [0.5, 0.6) is 0 Å². The van der Waals surface area contributed by atoms with Gasteiger partial charge in [0.05, 0.1) is 46.4 Å². The largest absolute Gasteiger partial charge is 0.469 e. The molecular formula is C28H24N7O6P. The molecule has 0 saturated carbocycles. The Morgan fingerprint density at radius 1 is 1.00 bits per heavy atom. The Bertz CT molecular complexity index is 1800. The van der Waals surface area contributed by atoms with Crippen LogP contribution in [0.2, 0.25) is 0 Å². The number of aliphatic hydroxyl groups is 1. The molecule has 13 nitrogen and oxygen atoms in total. The van der Waals surface area contributed by atoms with Crippen molar-refractivity contribution >= 4 is 24.7 Å². The molecule has 0 spiro atoms. The molecule has 0 aliphatic carbocycles. The van der Waals surface area contributed by atoms with Crippen LogP contribution in [0.3, 0.4) is 0 Å². The number of aromatic nitrogens is 6. The zero-order valence-corrected chi connectivity index (χ0v) is 22.7. The highest BCUT2D eigenvalue weighted by Gasteiger charge is 2.37. The van der Waals surface area contributed by atoms with Crippen molar-refractivity contribution in [1.82, 2.24) is 29.5 Å². The summed E-state index contributed by atoms with van der Waals surface area (Å²) in [5.41, 5.74) is 10.5. The Hall–Kier alpha value is -4.54. The molecular weight excluding hydrogens is 561 g/mol. The molecule has 42 heavy (non-hydrogen) atoms. The van der Waals surface area contributed by atoms with E-state index in [1.807, 2.05) is 48.5 Å². The predicted octanol–water partition coefficient (Wildman–Crippen LogP) is 2.69. The number of rotatable bonds is 6. The second-order valence-corrected chi connectivity index (χ2v) is 10.7. The van der Waals surface area contributed by atoms with Gasteiger partial charge in [0.25, 0.3) is 0 Å². The Balaban J connectivity index is 1.38. The van der Waals surface area contributed by atoms with Crippen LogP contribution in [0.15, 0.2) is 73.4 Å². The molecule has 0 bridgehead atoms. The van der Waals surface area contributed by atoms with Crippen molar-refractivity contribution in [2.75, 3.05) is 12.3 Å². The van der Waals surface area contributed by atoms with Crippen LogP contribution >= 0.6 is 7.82 Å². The zero-order chi connectivity index (χ0) is 29.3. The lowest BCUT2D eigenvalue weighted by molar-refractivity contribution is -0.0422. The van der Waals surface area contributed by atoms with Gasteiger partial charge < -0.3 is 29.9 Å². The van der Waals surface area contributed by atoms with Gasteiger partial charge in [-0.05, 0) is 36.4 Å². The van der Waals surface area contributed by atoms with Crippen LogP contribution in [0.4, 0.5) is 5.82 Å². The van der Waals surface area contributed by atoms with E-state index in [0.717, 1.165) is 0 Å². The van der Waals surface area contributed by atoms with Gasteiger partial charge in [-0.25, -0.2) is 19.5 Å². The normalized spacial score (nSPS) is 18.6. The maximum atomic E-state index is 11.1. The molecule has 0 radical (unpaired) electrons. The summed E-state index contributed by atoms with van der Waals surface area (Å²) in [4.78, 5) is 40.2. The van der Waals surface area contributed by atoms with E-state index in [0.29, 0.717) is 44.9 Å². The van der Waals surface area contributed by atoms with Crippen molar-refractivity contribution in [2.24, 2.45) is 0 Å². The van der Waals surface area contributed by atoms with E-state index >= 15 is 0 Å². The number of phosphoric ester groups is 1. The van der Waals surface area contributed by atoms with Crippen LogP contribution in [0, 0.1) is 11.8 Å². The Morgan fingerprint density at radius 2 is 1.69 bits per heavy atom. The number of fused-ring (bicyclic) bond motifs is 1. The van der Waals surface area contributed by atoms with E-state index in [1.54, 1.807) is 23.2 Å². The minimum absolute atomic E-state index is 0.126. The third-order valence-electron chi connectivity index (χ3n) is 6.58. The molecule has 14 heteroatoms. The summed E-state index contributed by atoms with van der Waals surface area (Å²) in [5.74, 6) is 6.57. The van der Waals surface area contributed by atoms with Crippen molar-refractivity contribution in [2.45, 2.75) is 24.9 Å². The molecule has 0 aromatic carbocycles. The molecule has 0 amide bonds. The minimum Gasteiger partial charge on any atom is -0.390 e. The van der Waals surface area contributed by atoms with E-state index in [9.17, 15) is 9.67 Å². The van der Waals surface area contributed by atoms with Gasteiger partial charge in [-0.1, -0.05) is 24.0 Å². The highest BCUT2D eigenvalue weighted by Crippen LogP contribution is 2.39. The second kappa shape index (κ2) is 11.4. The number of phosphoric acid groups is 1. The van der Waals surface area contributed by atoms with Gasteiger partial charge in [0.2, 0.25) is 0 Å². The monoisotopic (exact) mass is 585 g/mol. The van der Waals surface area contributed by atoms with Gasteiger partial charge in [-0.2, -0.15) is 0 Å². The molecule has 1 saturated heterocycles. The first kappa shape index (κ1) is 27.6. The number of nitrogens with two attached hydrogens (primary N) is 1. The first-order chi connectivity index (χ1) is 20.2. The van der Waals surface area contributed by atoms with Gasteiger partial charge in [0.15, 0.2) is 0 Å². The van der Waals surface area contributed by atoms with Crippen molar-refractivity contribution in [3.05, 3.63) is 84.6 Å². The first-order valence-electron chi connectivity index (χ1n) is 12.8. The third-order valence-corrected chi connectivity index (χ3v) is 7.07. The number of hydrogen-bond acceptors (Lipinski definition) is 10.